The molecule has 2 rings (SSSR count). The van der Waals surface area contributed by atoms with Gasteiger partial charge in [0.25, 0.3) is 0 Å². The average Bonchev–Trinajstić information content (AvgIpc) is 3.21. The molecule has 0 saturated heterocycles. The summed E-state index contributed by atoms with van der Waals surface area (Å²) in [7, 11) is 0. The molecular formula is C19H21NO5S2. The number of Topliss-reactive ketones (excluding diaryl/α,β-unsaturated/α-hetero) is 2. The van der Waals surface area contributed by atoms with E-state index in [0.717, 1.165) is 14.6 Å². The van der Waals surface area contributed by atoms with Crippen LogP contribution < -0.4 is 5.32 Å². The summed E-state index contributed by atoms with van der Waals surface area (Å²) in [4.78, 5) is 50.3. The van der Waals surface area contributed by atoms with E-state index in [1.165, 1.54) is 18.3 Å². The number of ketones is 2. The van der Waals surface area contributed by atoms with Crippen molar-refractivity contribution >= 4 is 46.1 Å². The van der Waals surface area contributed by atoms with Gasteiger partial charge in [0, 0.05) is 33.5 Å². The maximum absolute atomic E-state index is 12.2. The van der Waals surface area contributed by atoms with Gasteiger partial charge < -0.3 is 10.1 Å². The Balaban J connectivity index is 1.76. The molecule has 144 valence electrons. The summed E-state index contributed by atoms with van der Waals surface area (Å²) in [5.41, 5.74) is 0.645. The van der Waals surface area contributed by atoms with Crippen LogP contribution in [0.2, 0.25) is 0 Å². The van der Waals surface area contributed by atoms with E-state index in [1.54, 1.807) is 23.5 Å². The highest BCUT2D eigenvalue weighted by atomic mass is 32.1. The third-order valence-electron chi connectivity index (χ3n) is 3.71. The number of ether oxygens (including phenoxy) is 1. The molecule has 0 spiro atoms. The van der Waals surface area contributed by atoms with Crippen LogP contribution in [0.15, 0.2) is 18.2 Å². The summed E-state index contributed by atoms with van der Waals surface area (Å²) in [6.07, 6.45) is 0.00255. The van der Waals surface area contributed by atoms with Crippen LogP contribution in [0.25, 0.3) is 0 Å². The summed E-state index contributed by atoms with van der Waals surface area (Å²) in [5.74, 6) is -1.12. The fourth-order valence-electron chi connectivity index (χ4n) is 2.38. The Bertz CT molecular complexity index is 865. The third kappa shape index (κ3) is 6.41. The molecule has 0 atom stereocenters. The molecule has 2 aromatic heterocycles. The number of amides is 1. The Morgan fingerprint density at radius 2 is 1.78 bits per heavy atom. The Labute approximate surface area is 165 Å². The van der Waals surface area contributed by atoms with Gasteiger partial charge in [-0.25, -0.2) is 0 Å². The van der Waals surface area contributed by atoms with Gasteiger partial charge in [0.15, 0.2) is 12.4 Å². The number of thiophene rings is 2. The molecule has 0 radical (unpaired) electrons. The van der Waals surface area contributed by atoms with Gasteiger partial charge in [-0.05, 0) is 32.0 Å². The maximum Gasteiger partial charge on any atom is 0.306 e. The predicted octanol–water partition coefficient (Wildman–Crippen LogP) is 3.45. The largest absolute Gasteiger partial charge is 0.457 e. The maximum atomic E-state index is 12.2. The van der Waals surface area contributed by atoms with Gasteiger partial charge in [0.2, 0.25) is 11.7 Å². The van der Waals surface area contributed by atoms with Crippen molar-refractivity contribution in [1.82, 2.24) is 5.32 Å². The van der Waals surface area contributed by atoms with Crippen LogP contribution in [0, 0.1) is 13.8 Å². The second kappa shape index (κ2) is 9.57. The van der Waals surface area contributed by atoms with Crippen LogP contribution in [0.4, 0.5) is 0 Å². The van der Waals surface area contributed by atoms with Gasteiger partial charge in [-0.2, -0.15) is 0 Å². The van der Waals surface area contributed by atoms with E-state index < -0.39 is 5.97 Å². The second-order valence-corrected chi connectivity index (χ2v) is 8.64. The third-order valence-corrected chi connectivity index (χ3v) is 5.80. The van der Waals surface area contributed by atoms with Crippen molar-refractivity contribution in [3.8, 4) is 0 Å². The Morgan fingerprint density at radius 3 is 2.41 bits per heavy atom. The van der Waals surface area contributed by atoms with Crippen molar-refractivity contribution in [2.45, 2.75) is 40.2 Å². The summed E-state index contributed by atoms with van der Waals surface area (Å²) >= 11 is 2.79. The van der Waals surface area contributed by atoms with E-state index in [9.17, 15) is 19.2 Å². The van der Waals surface area contributed by atoms with Gasteiger partial charge >= 0.3 is 5.97 Å². The molecule has 6 nitrogen and oxygen atoms in total. The first-order valence-corrected chi connectivity index (χ1v) is 10.0. The summed E-state index contributed by atoms with van der Waals surface area (Å²) < 4.78 is 4.99. The van der Waals surface area contributed by atoms with E-state index in [4.69, 9.17) is 4.74 Å². The van der Waals surface area contributed by atoms with Gasteiger partial charge in [-0.15, -0.1) is 22.7 Å². The molecular weight excluding hydrogens is 386 g/mol. The highest BCUT2D eigenvalue weighted by Gasteiger charge is 2.16. The molecule has 2 aromatic rings. The molecule has 0 aliphatic rings. The van der Waals surface area contributed by atoms with Crippen molar-refractivity contribution in [3.63, 3.8) is 0 Å². The smallest absolute Gasteiger partial charge is 0.306 e. The van der Waals surface area contributed by atoms with Crippen LogP contribution >= 0.6 is 22.7 Å². The van der Waals surface area contributed by atoms with E-state index in [-0.39, 0.29) is 36.9 Å². The topological polar surface area (TPSA) is 89.5 Å². The first kappa shape index (κ1) is 21.0. The Hall–Kier alpha value is -2.32. The molecule has 1 amide bonds. The SMILES string of the molecule is CC(=O)NCc1ccc(C(=O)COC(=O)CCC(=O)c2cc(C)sc2C)s1. The lowest BCUT2D eigenvalue weighted by Gasteiger charge is -2.03. The minimum Gasteiger partial charge on any atom is -0.457 e. The lowest BCUT2D eigenvalue weighted by atomic mass is 10.1. The summed E-state index contributed by atoms with van der Waals surface area (Å²) in [6.45, 7) is 5.23. The normalized spacial score (nSPS) is 10.5. The van der Waals surface area contributed by atoms with E-state index in [1.807, 2.05) is 19.9 Å². The van der Waals surface area contributed by atoms with Gasteiger partial charge in [0.05, 0.1) is 17.8 Å². The Kier molecular flexibility index (Phi) is 7.44. The number of nitrogens with one attached hydrogen (secondary N) is 1. The number of hydrogen-bond acceptors (Lipinski definition) is 7. The minimum atomic E-state index is -0.573. The van der Waals surface area contributed by atoms with E-state index in [0.29, 0.717) is 17.0 Å². The molecule has 0 unspecified atom stereocenters. The van der Waals surface area contributed by atoms with Crippen molar-refractivity contribution in [3.05, 3.63) is 43.3 Å². The lowest BCUT2D eigenvalue weighted by Crippen LogP contribution is -2.18. The molecule has 1 N–H and O–H groups in total. The van der Waals surface area contributed by atoms with Crippen molar-refractivity contribution in [2.75, 3.05) is 6.61 Å². The van der Waals surface area contributed by atoms with E-state index in [2.05, 4.69) is 5.32 Å². The van der Waals surface area contributed by atoms with Crippen molar-refractivity contribution < 1.29 is 23.9 Å². The highest BCUT2D eigenvalue weighted by molar-refractivity contribution is 7.14. The number of aryl methyl sites for hydroxylation is 2. The van der Waals surface area contributed by atoms with Crippen LogP contribution in [0.3, 0.4) is 0 Å². The number of carbonyl (C=O) groups is 4. The Morgan fingerprint density at radius 1 is 1.04 bits per heavy atom. The van der Waals surface area contributed by atoms with Gasteiger partial charge in [-0.3, -0.25) is 19.2 Å². The molecule has 0 aromatic carbocycles. The summed E-state index contributed by atoms with van der Waals surface area (Å²) in [5, 5.41) is 2.65. The minimum absolute atomic E-state index is 0.0569. The number of carbonyl (C=O) groups excluding carboxylic acids is 4. The van der Waals surface area contributed by atoms with Crippen LogP contribution in [0.1, 0.15) is 54.4 Å². The van der Waals surface area contributed by atoms with Crippen LogP contribution in [0.5, 0.6) is 0 Å². The van der Waals surface area contributed by atoms with Crippen molar-refractivity contribution in [1.29, 1.82) is 0 Å². The predicted molar refractivity (Wildman–Crippen MR) is 104 cm³/mol. The fraction of sp³-hybridized carbons (Fsp3) is 0.368. The summed E-state index contributed by atoms with van der Waals surface area (Å²) in [6, 6.07) is 5.22. The molecule has 8 heteroatoms. The number of esters is 1. The standard InChI is InChI=1S/C19H21NO5S2/c1-11-8-15(12(2)26-11)16(22)5-7-19(24)25-10-17(23)18-6-4-14(27-18)9-20-13(3)21/h4,6,8H,5,7,9-10H2,1-3H3,(H,20,21). The van der Waals surface area contributed by atoms with Crippen LogP contribution in [-0.2, 0) is 20.9 Å². The zero-order chi connectivity index (χ0) is 20.0. The zero-order valence-corrected chi connectivity index (χ0v) is 17.1. The molecule has 0 aliphatic carbocycles. The van der Waals surface area contributed by atoms with E-state index >= 15 is 0 Å². The molecule has 0 bridgehead atoms. The molecule has 0 aliphatic heterocycles. The highest BCUT2D eigenvalue weighted by Crippen LogP contribution is 2.22. The van der Waals surface area contributed by atoms with Gasteiger partial charge in [-0.1, -0.05) is 0 Å². The monoisotopic (exact) mass is 407 g/mol. The first-order chi connectivity index (χ1) is 12.8. The quantitative estimate of drug-likeness (QED) is 0.508. The average molecular weight is 408 g/mol. The first-order valence-electron chi connectivity index (χ1n) is 8.38. The number of rotatable bonds is 9. The van der Waals surface area contributed by atoms with Gasteiger partial charge in [0.1, 0.15) is 0 Å². The molecule has 27 heavy (non-hydrogen) atoms. The molecule has 2 heterocycles. The molecule has 0 fully saturated rings. The van der Waals surface area contributed by atoms with Crippen LogP contribution in [-0.4, -0.2) is 30.0 Å². The number of hydrogen-bond donors (Lipinski definition) is 1. The fourth-order valence-corrected chi connectivity index (χ4v) is 4.20. The second-order valence-electron chi connectivity index (χ2n) is 6.01. The zero-order valence-electron chi connectivity index (χ0n) is 15.4. The molecule has 0 saturated carbocycles. The van der Waals surface area contributed by atoms with Crippen molar-refractivity contribution in [2.24, 2.45) is 0 Å². The lowest BCUT2D eigenvalue weighted by molar-refractivity contribution is -0.142.